The van der Waals surface area contributed by atoms with E-state index in [1.807, 2.05) is 25.1 Å². The second-order valence-corrected chi connectivity index (χ2v) is 6.28. The number of ether oxygens (including phenoxy) is 1. The van der Waals surface area contributed by atoms with Gasteiger partial charge in [0, 0.05) is 16.1 Å². The predicted molar refractivity (Wildman–Crippen MR) is 87.2 cm³/mol. The second-order valence-electron chi connectivity index (χ2n) is 4.96. The Morgan fingerprint density at radius 3 is 2.67 bits per heavy atom. The molecule has 2 rings (SSSR count). The average molecular weight is 373 g/mol. The van der Waals surface area contributed by atoms with Gasteiger partial charge in [-0.2, -0.15) is 0 Å². The third-order valence-corrected chi connectivity index (χ3v) is 3.81. The van der Waals surface area contributed by atoms with E-state index in [1.165, 1.54) is 12.1 Å². The van der Waals surface area contributed by atoms with Gasteiger partial charge in [0.05, 0.1) is 5.02 Å². The Labute approximate surface area is 137 Å². The van der Waals surface area contributed by atoms with Crippen molar-refractivity contribution in [1.82, 2.24) is 0 Å². The van der Waals surface area contributed by atoms with E-state index in [0.717, 1.165) is 21.3 Å². The van der Waals surface area contributed by atoms with Gasteiger partial charge in [0.1, 0.15) is 18.2 Å². The van der Waals surface area contributed by atoms with Crippen LogP contribution in [0, 0.1) is 5.82 Å². The van der Waals surface area contributed by atoms with Crippen molar-refractivity contribution in [1.29, 1.82) is 0 Å². The van der Waals surface area contributed by atoms with Gasteiger partial charge in [-0.1, -0.05) is 33.6 Å². The van der Waals surface area contributed by atoms with Crippen molar-refractivity contribution in [3.8, 4) is 5.75 Å². The highest BCUT2D eigenvalue weighted by Crippen LogP contribution is 2.26. The molecule has 0 saturated carbocycles. The van der Waals surface area contributed by atoms with Gasteiger partial charge in [0.25, 0.3) is 0 Å². The van der Waals surface area contributed by atoms with Crippen molar-refractivity contribution in [3.05, 3.63) is 62.8 Å². The first-order chi connectivity index (χ1) is 9.95. The molecule has 0 fully saturated rings. The molecule has 0 aromatic heterocycles. The number of rotatable bonds is 5. The molecular formula is C16H16BrClFNO. The van der Waals surface area contributed by atoms with Crippen LogP contribution in [0.15, 0.2) is 40.9 Å². The normalized spacial score (nSPS) is 12.2. The Balaban J connectivity index is 2.15. The molecule has 1 unspecified atom stereocenters. The summed E-state index contributed by atoms with van der Waals surface area (Å²) in [5.74, 6) is 0.404. The first kappa shape index (κ1) is 16.3. The Hall–Kier alpha value is -1.10. The molecule has 112 valence electrons. The van der Waals surface area contributed by atoms with Crippen LogP contribution < -0.4 is 10.5 Å². The maximum atomic E-state index is 13.0. The molecule has 21 heavy (non-hydrogen) atoms. The highest BCUT2D eigenvalue weighted by molar-refractivity contribution is 9.10. The van der Waals surface area contributed by atoms with E-state index >= 15 is 0 Å². The fourth-order valence-electron chi connectivity index (χ4n) is 1.99. The standard InChI is InChI=1S/C16H16BrClFNO/c1-10(20)6-12-7-13(17)3-5-16(12)21-9-11-2-4-14(19)8-15(11)18/h2-5,7-8,10H,6,9,20H2,1H3. The first-order valence-corrected chi connectivity index (χ1v) is 7.73. The molecule has 0 amide bonds. The Morgan fingerprint density at radius 1 is 1.24 bits per heavy atom. The van der Waals surface area contributed by atoms with Gasteiger partial charge in [0.2, 0.25) is 0 Å². The maximum Gasteiger partial charge on any atom is 0.124 e. The van der Waals surface area contributed by atoms with Crippen LogP contribution in [0.5, 0.6) is 5.75 Å². The zero-order chi connectivity index (χ0) is 15.4. The monoisotopic (exact) mass is 371 g/mol. The molecule has 0 spiro atoms. The van der Waals surface area contributed by atoms with Crippen LogP contribution in [-0.4, -0.2) is 6.04 Å². The average Bonchev–Trinajstić information content (AvgIpc) is 2.39. The van der Waals surface area contributed by atoms with Crippen LogP contribution in [-0.2, 0) is 13.0 Å². The van der Waals surface area contributed by atoms with E-state index in [2.05, 4.69) is 15.9 Å². The van der Waals surface area contributed by atoms with Crippen LogP contribution in [0.2, 0.25) is 5.02 Å². The summed E-state index contributed by atoms with van der Waals surface area (Å²) in [4.78, 5) is 0. The summed E-state index contributed by atoms with van der Waals surface area (Å²) in [5, 5.41) is 0.362. The van der Waals surface area contributed by atoms with Gasteiger partial charge in [-0.3, -0.25) is 0 Å². The van der Waals surface area contributed by atoms with Gasteiger partial charge < -0.3 is 10.5 Å². The summed E-state index contributed by atoms with van der Waals surface area (Å²) in [6.07, 6.45) is 0.714. The minimum atomic E-state index is -0.356. The number of nitrogens with two attached hydrogens (primary N) is 1. The molecular weight excluding hydrogens is 357 g/mol. The lowest BCUT2D eigenvalue weighted by atomic mass is 10.1. The predicted octanol–water partition coefficient (Wildman–Crippen LogP) is 4.71. The summed E-state index contributed by atoms with van der Waals surface area (Å²) in [7, 11) is 0. The summed E-state index contributed by atoms with van der Waals surface area (Å²) < 4.78 is 19.8. The number of hydrogen-bond donors (Lipinski definition) is 1. The van der Waals surface area contributed by atoms with Crippen molar-refractivity contribution in [3.63, 3.8) is 0 Å². The van der Waals surface area contributed by atoms with Crippen molar-refractivity contribution < 1.29 is 9.13 Å². The molecule has 0 aliphatic carbocycles. The van der Waals surface area contributed by atoms with Crippen LogP contribution in [0.1, 0.15) is 18.1 Å². The summed E-state index contributed by atoms with van der Waals surface area (Å²) >= 11 is 9.44. The number of halogens is 3. The van der Waals surface area contributed by atoms with E-state index in [9.17, 15) is 4.39 Å². The first-order valence-electron chi connectivity index (χ1n) is 6.56. The molecule has 2 N–H and O–H groups in total. The molecule has 2 aromatic rings. The van der Waals surface area contributed by atoms with Crippen molar-refractivity contribution in [2.24, 2.45) is 5.73 Å². The molecule has 0 radical (unpaired) electrons. The molecule has 5 heteroatoms. The number of benzene rings is 2. The van der Waals surface area contributed by atoms with E-state index in [4.69, 9.17) is 22.1 Å². The molecule has 0 saturated heterocycles. The van der Waals surface area contributed by atoms with Crippen LogP contribution in [0.4, 0.5) is 4.39 Å². The maximum absolute atomic E-state index is 13.0. The number of hydrogen-bond acceptors (Lipinski definition) is 2. The summed E-state index contributed by atoms with van der Waals surface area (Å²) in [5.41, 5.74) is 7.63. The van der Waals surface area contributed by atoms with Gasteiger partial charge in [-0.15, -0.1) is 0 Å². The second kappa shape index (κ2) is 7.25. The van der Waals surface area contributed by atoms with Gasteiger partial charge >= 0.3 is 0 Å². The smallest absolute Gasteiger partial charge is 0.124 e. The molecule has 2 aromatic carbocycles. The lowest BCUT2D eigenvalue weighted by molar-refractivity contribution is 0.302. The Bertz CT molecular complexity index is 634. The van der Waals surface area contributed by atoms with Crippen LogP contribution in [0.3, 0.4) is 0 Å². The molecule has 1 atom stereocenters. The Kier molecular flexibility index (Phi) is 5.62. The largest absolute Gasteiger partial charge is 0.489 e. The quantitative estimate of drug-likeness (QED) is 0.825. The fraction of sp³-hybridized carbons (Fsp3) is 0.250. The molecule has 0 bridgehead atoms. The third-order valence-electron chi connectivity index (χ3n) is 2.96. The van der Waals surface area contributed by atoms with Crippen molar-refractivity contribution >= 4 is 27.5 Å². The highest BCUT2D eigenvalue weighted by Gasteiger charge is 2.09. The van der Waals surface area contributed by atoms with Crippen LogP contribution in [0.25, 0.3) is 0 Å². The van der Waals surface area contributed by atoms with E-state index in [1.54, 1.807) is 6.07 Å². The minimum Gasteiger partial charge on any atom is -0.489 e. The van der Waals surface area contributed by atoms with E-state index in [-0.39, 0.29) is 18.5 Å². The molecule has 0 aliphatic heterocycles. The third kappa shape index (κ3) is 4.70. The SMILES string of the molecule is CC(N)Cc1cc(Br)ccc1OCc1ccc(F)cc1Cl. The molecule has 0 aliphatic rings. The van der Waals surface area contributed by atoms with Crippen molar-refractivity contribution in [2.45, 2.75) is 26.0 Å². The highest BCUT2D eigenvalue weighted by atomic mass is 79.9. The van der Waals surface area contributed by atoms with Gasteiger partial charge in [-0.05, 0) is 49.2 Å². The lowest BCUT2D eigenvalue weighted by Crippen LogP contribution is -2.18. The topological polar surface area (TPSA) is 35.2 Å². The van der Waals surface area contributed by atoms with E-state index in [0.29, 0.717) is 11.4 Å². The lowest BCUT2D eigenvalue weighted by Gasteiger charge is -2.14. The molecule has 0 heterocycles. The van der Waals surface area contributed by atoms with Crippen LogP contribution >= 0.6 is 27.5 Å². The Morgan fingerprint density at radius 2 is 2.00 bits per heavy atom. The zero-order valence-corrected chi connectivity index (χ0v) is 13.9. The minimum absolute atomic E-state index is 0.0380. The van der Waals surface area contributed by atoms with Gasteiger partial charge in [-0.25, -0.2) is 4.39 Å². The van der Waals surface area contributed by atoms with Gasteiger partial charge in [0.15, 0.2) is 0 Å². The van der Waals surface area contributed by atoms with Crippen molar-refractivity contribution in [2.75, 3.05) is 0 Å². The fourth-order valence-corrected chi connectivity index (χ4v) is 2.62. The molecule has 2 nitrogen and oxygen atoms in total. The van der Waals surface area contributed by atoms with E-state index < -0.39 is 0 Å². The summed E-state index contributed by atoms with van der Waals surface area (Å²) in [6, 6.07) is 10.1. The summed E-state index contributed by atoms with van der Waals surface area (Å²) in [6.45, 7) is 2.23. The zero-order valence-electron chi connectivity index (χ0n) is 11.6.